The highest BCUT2D eigenvalue weighted by Gasteiger charge is 2.34. The van der Waals surface area contributed by atoms with Crippen LogP contribution < -0.4 is 15.4 Å². The maximum Gasteiger partial charge on any atom is 0.410 e. The molecule has 9 heteroatoms. The van der Waals surface area contributed by atoms with Gasteiger partial charge in [-0.15, -0.1) is 24.0 Å². The normalized spacial score (nSPS) is 14.7. The third-order valence-electron chi connectivity index (χ3n) is 3.67. The number of guanidine groups is 1. The second kappa shape index (κ2) is 10.5. The average molecular weight is 491 g/mol. The fraction of sp³-hybridized carbons (Fsp3) is 0.611. The van der Waals surface area contributed by atoms with E-state index in [1.165, 1.54) is 0 Å². The predicted octanol–water partition coefficient (Wildman–Crippen LogP) is 2.38. The average Bonchev–Trinajstić information content (AvgIpc) is 2.53. The van der Waals surface area contributed by atoms with Gasteiger partial charge >= 0.3 is 6.09 Å². The van der Waals surface area contributed by atoms with Crippen molar-refractivity contribution in [3.63, 3.8) is 0 Å². The van der Waals surface area contributed by atoms with Crippen molar-refractivity contribution < 1.29 is 14.3 Å². The Hall–Kier alpha value is -1.78. The number of rotatable bonds is 5. The van der Waals surface area contributed by atoms with Gasteiger partial charge in [0.05, 0.1) is 19.7 Å². The van der Waals surface area contributed by atoms with E-state index in [2.05, 4.69) is 20.6 Å². The molecule has 0 aliphatic carbocycles. The molecule has 1 fully saturated rings. The van der Waals surface area contributed by atoms with Gasteiger partial charge in [0.2, 0.25) is 5.88 Å². The van der Waals surface area contributed by atoms with E-state index >= 15 is 0 Å². The van der Waals surface area contributed by atoms with Gasteiger partial charge in [-0.2, -0.15) is 0 Å². The number of amides is 1. The summed E-state index contributed by atoms with van der Waals surface area (Å²) in [6.45, 7) is 9.99. The van der Waals surface area contributed by atoms with Crippen LogP contribution in [0.5, 0.6) is 5.88 Å². The van der Waals surface area contributed by atoms with Gasteiger partial charge in [0.1, 0.15) is 5.60 Å². The van der Waals surface area contributed by atoms with Gasteiger partial charge in [-0.05, 0) is 33.8 Å². The van der Waals surface area contributed by atoms with Crippen LogP contribution in [0, 0.1) is 0 Å². The number of hydrogen-bond donors (Lipinski definition) is 2. The van der Waals surface area contributed by atoms with E-state index < -0.39 is 5.60 Å². The van der Waals surface area contributed by atoms with Crippen LogP contribution in [0.3, 0.4) is 0 Å². The number of carbonyl (C=O) groups excluding carboxylic acids is 1. The Morgan fingerprint density at radius 3 is 2.70 bits per heavy atom. The molecular weight excluding hydrogens is 461 g/mol. The summed E-state index contributed by atoms with van der Waals surface area (Å²) in [5.41, 5.74) is 0.436. The van der Waals surface area contributed by atoms with Crippen molar-refractivity contribution in [3.05, 3.63) is 23.9 Å². The molecule has 2 rings (SSSR count). The Morgan fingerprint density at radius 2 is 2.11 bits per heavy atom. The molecule has 1 aliphatic heterocycles. The Balaban J connectivity index is 0.00000364. The van der Waals surface area contributed by atoms with Crippen molar-refractivity contribution in [2.24, 2.45) is 4.99 Å². The molecule has 8 nitrogen and oxygen atoms in total. The summed E-state index contributed by atoms with van der Waals surface area (Å²) in [7, 11) is 1.60. The molecule has 0 atom stereocenters. The summed E-state index contributed by atoms with van der Waals surface area (Å²) in [6.07, 6.45) is 1.41. The molecule has 0 unspecified atom stereocenters. The van der Waals surface area contributed by atoms with Gasteiger partial charge in [-0.25, -0.2) is 14.8 Å². The molecule has 1 aromatic heterocycles. The molecule has 152 valence electrons. The number of carbonyl (C=O) groups is 1. The van der Waals surface area contributed by atoms with Gasteiger partial charge in [-0.1, -0.05) is 6.07 Å². The molecule has 0 saturated carbocycles. The van der Waals surface area contributed by atoms with Crippen LogP contribution in [0.4, 0.5) is 4.79 Å². The second-order valence-corrected chi connectivity index (χ2v) is 7.09. The van der Waals surface area contributed by atoms with Gasteiger partial charge < -0.3 is 25.0 Å². The fourth-order valence-electron chi connectivity index (χ4n) is 2.45. The number of nitrogens with one attached hydrogen (secondary N) is 2. The smallest absolute Gasteiger partial charge is 0.410 e. The van der Waals surface area contributed by atoms with Crippen molar-refractivity contribution in [3.8, 4) is 5.88 Å². The maximum atomic E-state index is 12.0. The Labute approximate surface area is 178 Å². The topological polar surface area (TPSA) is 88.1 Å². The van der Waals surface area contributed by atoms with Crippen LogP contribution in [0.1, 0.15) is 33.3 Å². The van der Waals surface area contributed by atoms with Crippen molar-refractivity contribution in [2.45, 2.75) is 45.9 Å². The number of aliphatic imine (C=N–C) groups is 1. The molecule has 0 spiro atoms. The van der Waals surface area contributed by atoms with E-state index in [1.807, 2.05) is 39.8 Å². The molecule has 27 heavy (non-hydrogen) atoms. The third kappa shape index (κ3) is 7.39. The molecule has 1 aromatic rings. The van der Waals surface area contributed by atoms with Gasteiger partial charge in [-0.3, -0.25) is 0 Å². The lowest BCUT2D eigenvalue weighted by Gasteiger charge is -2.40. The monoisotopic (exact) mass is 491 g/mol. The van der Waals surface area contributed by atoms with E-state index in [9.17, 15) is 4.79 Å². The number of aromatic nitrogens is 1. The quantitative estimate of drug-likeness (QED) is 0.374. The van der Waals surface area contributed by atoms with Gasteiger partial charge in [0.15, 0.2) is 5.96 Å². The lowest BCUT2D eigenvalue weighted by molar-refractivity contribution is 0.00700. The third-order valence-corrected chi connectivity index (χ3v) is 3.67. The Bertz CT molecular complexity index is 642. The van der Waals surface area contributed by atoms with E-state index in [4.69, 9.17) is 9.47 Å². The van der Waals surface area contributed by atoms with E-state index in [0.29, 0.717) is 31.5 Å². The van der Waals surface area contributed by atoms with Crippen LogP contribution in [0.15, 0.2) is 23.3 Å². The number of hydrogen-bond acceptors (Lipinski definition) is 5. The number of methoxy groups -OCH3 is 1. The van der Waals surface area contributed by atoms with Crippen LogP contribution >= 0.6 is 24.0 Å². The zero-order valence-corrected chi connectivity index (χ0v) is 18.9. The zero-order valence-electron chi connectivity index (χ0n) is 16.6. The molecular formula is C18H30IN5O3. The fourth-order valence-corrected chi connectivity index (χ4v) is 2.45. The van der Waals surface area contributed by atoms with Crippen molar-refractivity contribution in [1.82, 2.24) is 20.5 Å². The Kier molecular flexibility index (Phi) is 9.07. The number of halogens is 1. The minimum Gasteiger partial charge on any atom is -0.481 e. The van der Waals surface area contributed by atoms with Crippen molar-refractivity contribution in [1.29, 1.82) is 0 Å². The van der Waals surface area contributed by atoms with E-state index in [-0.39, 0.29) is 36.1 Å². The molecule has 1 saturated heterocycles. The molecule has 0 radical (unpaired) electrons. The van der Waals surface area contributed by atoms with Gasteiger partial charge in [0.25, 0.3) is 0 Å². The first kappa shape index (κ1) is 23.3. The highest BCUT2D eigenvalue weighted by molar-refractivity contribution is 14.0. The number of ether oxygens (including phenoxy) is 2. The van der Waals surface area contributed by atoms with Crippen LogP contribution in [-0.2, 0) is 11.3 Å². The number of nitrogens with zero attached hydrogens (tertiary/aromatic N) is 3. The SMILES string of the molecule is CCNC(=NCc1cccnc1OC)NC1CN(C(=O)OC(C)(C)C)C1.I. The van der Waals surface area contributed by atoms with Crippen molar-refractivity contribution in [2.75, 3.05) is 26.7 Å². The zero-order chi connectivity index (χ0) is 19.2. The summed E-state index contributed by atoms with van der Waals surface area (Å²) in [5, 5.41) is 6.55. The largest absolute Gasteiger partial charge is 0.481 e. The summed E-state index contributed by atoms with van der Waals surface area (Å²) >= 11 is 0. The summed E-state index contributed by atoms with van der Waals surface area (Å²) in [6, 6.07) is 3.95. The summed E-state index contributed by atoms with van der Waals surface area (Å²) in [4.78, 5) is 22.4. The lowest BCUT2D eigenvalue weighted by atomic mass is 10.1. The first-order valence-corrected chi connectivity index (χ1v) is 8.83. The standard InChI is InChI=1S/C18H29N5O3.HI/c1-6-19-16(21-10-13-8-7-9-20-15(13)25-5)22-14-11-23(12-14)17(24)26-18(2,3)4;/h7-9,14H,6,10-12H2,1-5H3,(H2,19,21,22);1H. The predicted molar refractivity (Wildman–Crippen MR) is 116 cm³/mol. The van der Waals surface area contributed by atoms with E-state index in [0.717, 1.165) is 12.1 Å². The van der Waals surface area contributed by atoms with Gasteiger partial charge in [0, 0.05) is 31.4 Å². The van der Waals surface area contributed by atoms with E-state index in [1.54, 1.807) is 18.2 Å². The first-order valence-electron chi connectivity index (χ1n) is 8.83. The molecule has 1 amide bonds. The molecule has 0 aromatic carbocycles. The lowest BCUT2D eigenvalue weighted by Crippen LogP contribution is -2.63. The number of likely N-dealkylation sites (tertiary alicyclic amines) is 1. The van der Waals surface area contributed by atoms with Crippen LogP contribution in [0.25, 0.3) is 0 Å². The summed E-state index contributed by atoms with van der Waals surface area (Å²) in [5.74, 6) is 1.28. The first-order chi connectivity index (χ1) is 12.3. The van der Waals surface area contributed by atoms with Crippen LogP contribution in [-0.4, -0.2) is 60.3 Å². The molecule has 2 heterocycles. The molecule has 1 aliphatic rings. The molecule has 2 N–H and O–H groups in total. The summed E-state index contributed by atoms with van der Waals surface area (Å²) < 4.78 is 10.6. The molecule has 0 bridgehead atoms. The number of pyridine rings is 1. The second-order valence-electron chi connectivity index (χ2n) is 7.09. The minimum absolute atomic E-state index is 0. The minimum atomic E-state index is -0.477. The van der Waals surface area contributed by atoms with Crippen LogP contribution in [0.2, 0.25) is 0 Å². The Morgan fingerprint density at radius 1 is 1.41 bits per heavy atom. The van der Waals surface area contributed by atoms with Crippen molar-refractivity contribution >= 4 is 36.0 Å². The highest BCUT2D eigenvalue weighted by atomic mass is 127. The highest BCUT2D eigenvalue weighted by Crippen LogP contribution is 2.16. The maximum absolute atomic E-state index is 12.0.